The van der Waals surface area contributed by atoms with Crippen molar-refractivity contribution in [3.63, 3.8) is 0 Å². The Labute approximate surface area is 166 Å². The molecule has 0 fully saturated rings. The van der Waals surface area contributed by atoms with Crippen LogP contribution in [0.15, 0.2) is 60.3 Å². The molecule has 0 spiro atoms. The number of ether oxygens (including phenoxy) is 1. The largest absolute Gasteiger partial charge is 0.385 e. The number of hydrogen-bond acceptors (Lipinski definition) is 4. The van der Waals surface area contributed by atoms with E-state index < -0.39 is 0 Å². The van der Waals surface area contributed by atoms with E-state index in [0.29, 0.717) is 37.4 Å². The molecule has 5 heteroatoms. The maximum Gasteiger partial charge on any atom is 0.277 e. The number of hydrogen-bond donors (Lipinski definition) is 0. The second-order valence-electron chi connectivity index (χ2n) is 7.04. The molecule has 0 bridgehead atoms. The fraction of sp³-hybridized carbons (Fsp3) is 0.304. The minimum atomic E-state index is -0.241. The number of carbonyl (C=O) groups is 2. The molecule has 1 aliphatic rings. The van der Waals surface area contributed by atoms with Gasteiger partial charge in [0, 0.05) is 33.9 Å². The average Bonchev–Trinajstić information content (AvgIpc) is 2.94. The van der Waals surface area contributed by atoms with Gasteiger partial charge in [0.05, 0.1) is 5.57 Å². The summed E-state index contributed by atoms with van der Waals surface area (Å²) >= 11 is 0. The molecule has 2 amide bonds. The number of nitrogens with zero attached hydrogens (tertiary/aromatic N) is 2. The van der Waals surface area contributed by atoms with Gasteiger partial charge < -0.3 is 9.64 Å². The highest BCUT2D eigenvalue weighted by atomic mass is 16.5. The van der Waals surface area contributed by atoms with Crippen molar-refractivity contribution < 1.29 is 14.3 Å². The molecule has 0 N–H and O–H groups in total. The van der Waals surface area contributed by atoms with Crippen molar-refractivity contribution in [3.05, 3.63) is 77.0 Å². The first kappa shape index (κ1) is 19.8. The molecule has 2 aromatic rings. The van der Waals surface area contributed by atoms with E-state index in [1.165, 1.54) is 4.90 Å². The highest BCUT2D eigenvalue weighted by Crippen LogP contribution is 2.32. The van der Waals surface area contributed by atoms with Crippen molar-refractivity contribution in [2.75, 3.05) is 27.3 Å². The minimum absolute atomic E-state index is 0.236. The molecular weight excluding hydrogens is 352 g/mol. The van der Waals surface area contributed by atoms with Gasteiger partial charge in [-0.3, -0.25) is 14.5 Å². The van der Waals surface area contributed by atoms with Crippen LogP contribution < -0.4 is 0 Å². The molecule has 0 aromatic heterocycles. The Balaban J connectivity index is 1.96. The van der Waals surface area contributed by atoms with E-state index in [4.69, 9.17) is 4.74 Å². The summed E-state index contributed by atoms with van der Waals surface area (Å²) in [6, 6.07) is 17.7. The standard InChI is InChI=1S/C23H26N2O3/c1-17-10-12-19(13-11-17)20-21(24(2)16-18-8-5-4-6-9-18)23(27)25(22(20)26)14-7-15-28-3/h4-6,8-13H,7,14-16H2,1-3H3. The van der Waals surface area contributed by atoms with E-state index in [9.17, 15) is 9.59 Å². The van der Waals surface area contributed by atoms with Crippen molar-refractivity contribution in [3.8, 4) is 0 Å². The van der Waals surface area contributed by atoms with Crippen LogP contribution >= 0.6 is 0 Å². The van der Waals surface area contributed by atoms with Crippen LogP contribution in [0, 0.1) is 6.92 Å². The van der Waals surface area contributed by atoms with E-state index >= 15 is 0 Å². The van der Waals surface area contributed by atoms with E-state index in [2.05, 4.69) is 0 Å². The van der Waals surface area contributed by atoms with Crippen molar-refractivity contribution in [2.45, 2.75) is 19.9 Å². The van der Waals surface area contributed by atoms with Crippen LogP contribution in [0.2, 0.25) is 0 Å². The van der Waals surface area contributed by atoms with Crippen LogP contribution in [-0.2, 0) is 20.9 Å². The van der Waals surface area contributed by atoms with Crippen molar-refractivity contribution in [2.24, 2.45) is 0 Å². The molecule has 1 aliphatic heterocycles. The first-order valence-electron chi connectivity index (χ1n) is 9.44. The van der Waals surface area contributed by atoms with Gasteiger partial charge in [-0.15, -0.1) is 0 Å². The van der Waals surface area contributed by atoms with Crippen LogP contribution in [0.4, 0.5) is 0 Å². The Morgan fingerprint density at radius 2 is 1.64 bits per heavy atom. The number of methoxy groups -OCH3 is 1. The summed E-state index contributed by atoms with van der Waals surface area (Å²) in [5.41, 5.74) is 3.89. The first-order valence-corrected chi connectivity index (χ1v) is 9.44. The van der Waals surface area contributed by atoms with Crippen molar-refractivity contribution in [1.82, 2.24) is 9.80 Å². The topological polar surface area (TPSA) is 49.9 Å². The van der Waals surface area contributed by atoms with Crippen molar-refractivity contribution in [1.29, 1.82) is 0 Å². The number of amides is 2. The maximum atomic E-state index is 13.2. The summed E-state index contributed by atoms with van der Waals surface area (Å²) < 4.78 is 5.08. The van der Waals surface area contributed by atoms with Gasteiger partial charge in [0.1, 0.15) is 5.70 Å². The molecule has 146 valence electrons. The third-order valence-corrected chi connectivity index (χ3v) is 4.86. The molecule has 0 radical (unpaired) electrons. The normalized spacial score (nSPS) is 14.2. The lowest BCUT2D eigenvalue weighted by Crippen LogP contribution is -2.35. The van der Waals surface area contributed by atoms with Gasteiger partial charge >= 0.3 is 0 Å². The van der Waals surface area contributed by atoms with E-state index in [1.807, 2.05) is 73.5 Å². The summed E-state index contributed by atoms with van der Waals surface area (Å²) in [5.74, 6) is -0.477. The summed E-state index contributed by atoms with van der Waals surface area (Å²) in [6.45, 7) is 3.41. The summed E-state index contributed by atoms with van der Waals surface area (Å²) in [6.07, 6.45) is 0.616. The zero-order chi connectivity index (χ0) is 20.1. The predicted molar refractivity (Wildman–Crippen MR) is 109 cm³/mol. The Kier molecular flexibility index (Phi) is 6.26. The van der Waals surface area contributed by atoms with Gasteiger partial charge in [0.25, 0.3) is 11.8 Å². The monoisotopic (exact) mass is 378 g/mol. The number of imide groups is 1. The number of aryl methyl sites for hydroxylation is 1. The smallest absolute Gasteiger partial charge is 0.277 e. The summed E-state index contributed by atoms with van der Waals surface area (Å²) in [7, 11) is 3.48. The summed E-state index contributed by atoms with van der Waals surface area (Å²) in [5, 5.41) is 0. The van der Waals surface area contributed by atoms with Crippen LogP contribution in [0.3, 0.4) is 0 Å². The van der Waals surface area contributed by atoms with Crippen LogP contribution in [0.1, 0.15) is 23.1 Å². The minimum Gasteiger partial charge on any atom is -0.385 e. The molecule has 2 aromatic carbocycles. The number of benzene rings is 2. The zero-order valence-electron chi connectivity index (χ0n) is 16.6. The fourth-order valence-corrected chi connectivity index (χ4v) is 3.40. The second kappa shape index (κ2) is 8.85. The summed E-state index contributed by atoms with van der Waals surface area (Å²) in [4.78, 5) is 29.5. The molecule has 5 nitrogen and oxygen atoms in total. The molecule has 3 rings (SSSR count). The van der Waals surface area contributed by atoms with Crippen molar-refractivity contribution >= 4 is 17.4 Å². The third-order valence-electron chi connectivity index (χ3n) is 4.86. The predicted octanol–water partition coefficient (Wildman–Crippen LogP) is 3.24. The van der Waals surface area contributed by atoms with Gasteiger partial charge in [-0.2, -0.15) is 0 Å². The second-order valence-corrected chi connectivity index (χ2v) is 7.04. The lowest BCUT2D eigenvalue weighted by Gasteiger charge is -2.21. The molecule has 0 saturated carbocycles. The van der Waals surface area contributed by atoms with Gasteiger partial charge in [0.15, 0.2) is 0 Å². The van der Waals surface area contributed by atoms with E-state index in [-0.39, 0.29) is 11.8 Å². The highest BCUT2D eigenvalue weighted by molar-refractivity contribution is 6.35. The molecular formula is C23H26N2O3. The highest BCUT2D eigenvalue weighted by Gasteiger charge is 2.40. The zero-order valence-corrected chi connectivity index (χ0v) is 16.6. The average molecular weight is 378 g/mol. The van der Waals surface area contributed by atoms with E-state index in [1.54, 1.807) is 7.11 Å². The van der Waals surface area contributed by atoms with Gasteiger partial charge in [-0.05, 0) is 24.5 Å². The van der Waals surface area contributed by atoms with Gasteiger partial charge in [0.2, 0.25) is 0 Å². The first-order chi connectivity index (χ1) is 13.5. The number of carbonyl (C=O) groups excluding carboxylic acids is 2. The third kappa shape index (κ3) is 4.15. The quantitative estimate of drug-likeness (QED) is 0.523. The number of rotatable bonds is 8. The Morgan fingerprint density at radius 1 is 0.964 bits per heavy atom. The van der Waals surface area contributed by atoms with Crippen LogP contribution in [0.5, 0.6) is 0 Å². The van der Waals surface area contributed by atoms with Gasteiger partial charge in [-0.1, -0.05) is 60.2 Å². The molecule has 0 atom stereocenters. The molecule has 1 heterocycles. The Hall–Kier alpha value is -2.92. The Morgan fingerprint density at radius 3 is 2.29 bits per heavy atom. The fourth-order valence-electron chi connectivity index (χ4n) is 3.40. The molecule has 0 saturated heterocycles. The van der Waals surface area contributed by atoms with Crippen LogP contribution in [-0.4, -0.2) is 48.9 Å². The molecule has 0 unspecified atom stereocenters. The maximum absolute atomic E-state index is 13.2. The molecule has 0 aliphatic carbocycles. The van der Waals surface area contributed by atoms with Gasteiger partial charge in [-0.25, -0.2) is 0 Å². The lowest BCUT2D eigenvalue weighted by molar-refractivity contribution is -0.137. The lowest BCUT2D eigenvalue weighted by atomic mass is 10.0. The Bertz CT molecular complexity index is 872. The van der Waals surface area contributed by atoms with Crippen LogP contribution in [0.25, 0.3) is 5.57 Å². The van der Waals surface area contributed by atoms with E-state index in [0.717, 1.165) is 16.7 Å². The molecule has 28 heavy (non-hydrogen) atoms. The SMILES string of the molecule is COCCCN1C(=O)C(c2ccc(C)cc2)=C(N(C)Cc2ccccc2)C1=O. The number of likely N-dealkylation sites (N-methyl/N-ethyl adjacent to an activating group) is 1.